The third kappa shape index (κ3) is 4.00. The first-order valence-corrected chi connectivity index (χ1v) is 10.9. The Morgan fingerprint density at radius 3 is 2.48 bits per heavy atom. The number of guanidine groups is 1. The number of rotatable bonds is 4. The van der Waals surface area contributed by atoms with E-state index in [0.717, 1.165) is 25.5 Å². The number of hydrogen-bond acceptors (Lipinski definition) is 4. The van der Waals surface area contributed by atoms with Gasteiger partial charge in [-0.2, -0.15) is 0 Å². The zero-order valence-electron chi connectivity index (χ0n) is 14.5. The van der Waals surface area contributed by atoms with Crippen LogP contribution in [0.3, 0.4) is 0 Å². The second-order valence-electron chi connectivity index (χ2n) is 7.63. The van der Waals surface area contributed by atoms with Gasteiger partial charge in [0.2, 0.25) is 0 Å². The van der Waals surface area contributed by atoms with Crippen LogP contribution in [0.25, 0.3) is 0 Å². The maximum atomic E-state index is 11.6. The molecule has 5 atom stereocenters. The van der Waals surface area contributed by atoms with Crippen LogP contribution in [0, 0.1) is 17.8 Å². The van der Waals surface area contributed by atoms with Crippen molar-refractivity contribution in [2.24, 2.45) is 22.7 Å². The standard InChI is InChI=1S/C17H27N3O3S.HI/c1-2-6-18-17(19-8-12-5-7-24(21,22)11-12)20-9-13-14(10-20)16-4-3-15(13)23-16;/h2,12-16H,1,3-11H2,(H,18,19);1H. The highest BCUT2D eigenvalue weighted by Gasteiger charge is 2.53. The Balaban J connectivity index is 0.00000182. The molecule has 4 aliphatic heterocycles. The van der Waals surface area contributed by atoms with E-state index in [9.17, 15) is 8.42 Å². The SMILES string of the molecule is C=CCNC(=NCC1CCS(=O)(=O)C1)N1CC2C3CCC(O3)C2C1.I. The molecule has 8 heteroatoms. The Morgan fingerprint density at radius 2 is 1.92 bits per heavy atom. The van der Waals surface area contributed by atoms with Gasteiger partial charge in [-0.25, -0.2) is 8.42 Å². The van der Waals surface area contributed by atoms with Gasteiger partial charge in [-0.3, -0.25) is 4.99 Å². The molecule has 1 N–H and O–H groups in total. The minimum absolute atomic E-state index is 0. The number of hydrogen-bond donors (Lipinski definition) is 1. The first kappa shape index (κ1) is 19.4. The van der Waals surface area contributed by atoms with Gasteiger partial charge in [0.05, 0.1) is 23.7 Å². The first-order valence-electron chi connectivity index (χ1n) is 9.06. The predicted molar refractivity (Wildman–Crippen MR) is 109 cm³/mol. The summed E-state index contributed by atoms with van der Waals surface area (Å²) in [6.07, 6.45) is 5.85. The van der Waals surface area contributed by atoms with Gasteiger partial charge in [0, 0.05) is 38.0 Å². The van der Waals surface area contributed by atoms with Gasteiger partial charge < -0.3 is 15.0 Å². The highest BCUT2D eigenvalue weighted by molar-refractivity contribution is 14.0. The maximum Gasteiger partial charge on any atom is 0.194 e. The zero-order chi connectivity index (χ0) is 16.7. The Morgan fingerprint density at radius 1 is 1.24 bits per heavy atom. The van der Waals surface area contributed by atoms with Crippen molar-refractivity contribution < 1.29 is 13.2 Å². The van der Waals surface area contributed by atoms with E-state index < -0.39 is 9.84 Å². The van der Waals surface area contributed by atoms with E-state index in [1.54, 1.807) is 0 Å². The quantitative estimate of drug-likeness (QED) is 0.284. The van der Waals surface area contributed by atoms with Gasteiger partial charge in [0.15, 0.2) is 15.8 Å². The highest BCUT2D eigenvalue weighted by atomic mass is 127. The second kappa shape index (κ2) is 7.72. The summed E-state index contributed by atoms with van der Waals surface area (Å²) in [4.78, 5) is 7.11. The molecular formula is C17H28IN3O3S. The molecule has 0 radical (unpaired) electrons. The van der Waals surface area contributed by atoms with Gasteiger partial charge in [0.1, 0.15) is 0 Å². The fraction of sp³-hybridized carbons (Fsp3) is 0.824. The van der Waals surface area contributed by atoms with Crippen molar-refractivity contribution in [2.75, 3.05) is 37.7 Å². The van der Waals surface area contributed by atoms with E-state index in [2.05, 4.69) is 16.8 Å². The van der Waals surface area contributed by atoms with Crippen LogP contribution < -0.4 is 5.32 Å². The highest BCUT2D eigenvalue weighted by Crippen LogP contribution is 2.47. The smallest absolute Gasteiger partial charge is 0.194 e. The van der Waals surface area contributed by atoms with Gasteiger partial charge in [-0.1, -0.05) is 6.08 Å². The van der Waals surface area contributed by atoms with Crippen molar-refractivity contribution in [1.82, 2.24) is 10.2 Å². The van der Waals surface area contributed by atoms with Crippen molar-refractivity contribution in [3.8, 4) is 0 Å². The molecule has 0 saturated carbocycles. The monoisotopic (exact) mass is 481 g/mol. The molecule has 2 bridgehead atoms. The van der Waals surface area contributed by atoms with Crippen molar-refractivity contribution >= 4 is 39.8 Å². The lowest BCUT2D eigenvalue weighted by molar-refractivity contribution is 0.0767. The van der Waals surface area contributed by atoms with E-state index in [-0.39, 0.29) is 35.6 Å². The molecular weight excluding hydrogens is 453 g/mol. The third-order valence-corrected chi connectivity index (χ3v) is 7.82. The van der Waals surface area contributed by atoms with E-state index in [1.807, 2.05) is 6.08 Å². The second-order valence-corrected chi connectivity index (χ2v) is 9.85. The number of nitrogens with zero attached hydrogens (tertiary/aromatic N) is 2. The largest absolute Gasteiger partial charge is 0.374 e. The predicted octanol–water partition coefficient (Wildman–Crippen LogP) is 1.28. The van der Waals surface area contributed by atoms with Crippen LogP contribution in [0.5, 0.6) is 0 Å². The van der Waals surface area contributed by atoms with Crippen molar-refractivity contribution in [2.45, 2.75) is 31.5 Å². The van der Waals surface area contributed by atoms with Crippen LogP contribution in [-0.4, -0.2) is 69.2 Å². The van der Waals surface area contributed by atoms with Crippen molar-refractivity contribution in [1.29, 1.82) is 0 Å². The summed E-state index contributed by atoms with van der Waals surface area (Å²) in [5.41, 5.74) is 0. The van der Waals surface area contributed by atoms with Gasteiger partial charge in [-0.15, -0.1) is 30.6 Å². The Hall–Kier alpha value is -0.350. The molecule has 0 aromatic carbocycles. The summed E-state index contributed by atoms with van der Waals surface area (Å²) >= 11 is 0. The van der Waals surface area contributed by atoms with Crippen molar-refractivity contribution in [3.63, 3.8) is 0 Å². The van der Waals surface area contributed by atoms with Crippen molar-refractivity contribution in [3.05, 3.63) is 12.7 Å². The summed E-state index contributed by atoms with van der Waals surface area (Å²) in [5, 5.41) is 3.36. The number of sulfone groups is 1. The molecule has 0 aliphatic carbocycles. The molecule has 5 unspecified atom stereocenters. The normalized spacial score (nSPS) is 38.5. The molecule has 142 valence electrons. The molecule has 0 aromatic heterocycles. The minimum atomic E-state index is -2.83. The summed E-state index contributed by atoms with van der Waals surface area (Å²) in [6, 6.07) is 0. The molecule has 4 saturated heterocycles. The van der Waals surface area contributed by atoms with Crippen LogP contribution in [0.1, 0.15) is 19.3 Å². The Labute approximate surface area is 167 Å². The minimum Gasteiger partial charge on any atom is -0.374 e. The fourth-order valence-electron chi connectivity index (χ4n) is 4.80. The average Bonchev–Trinajstić information content (AvgIpc) is 3.27. The molecule has 0 aromatic rings. The lowest BCUT2D eigenvalue weighted by Gasteiger charge is -2.23. The molecule has 4 aliphatic rings. The summed E-state index contributed by atoms with van der Waals surface area (Å²) in [7, 11) is -2.83. The van der Waals surface area contributed by atoms with Gasteiger partial charge >= 0.3 is 0 Å². The van der Waals surface area contributed by atoms with Crippen LogP contribution in [0.2, 0.25) is 0 Å². The van der Waals surface area contributed by atoms with E-state index >= 15 is 0 Å². The molecule has 0 amide bonds. The van der Waals surface area contributed by atoms with Gasteiger partial charge in [0.25, 0.3) is 0 Å². The van der Waals surface area contributed by atoms with Gasteiger partial charge in [-0.05, 0) is 25.2 Å². The lowest BCUT2D eigenvalue weighted by atomic mass is 9.82. The Kier molecular flexibility index (Phi) is 5.99. The number of fused-ring (bicyclic) bond motifs is 5. The summed E-state index contributed by atoms with van der Waals surface area (Å²) in [6.45, 7) is 7.04. The Bertz CT molecular complexity index is 621. The van der Waals surface area contributed by atoms with E-state index in [1.165, 1.54) is 12.8 Å². The topological polar surface area (TPSA) is 71.0 Å². The lowest BCUT2D eigenvalue weighted by Crippen LogP contribution is -2.41. The number of ether oxygens (including phenoxy) is 1. The number of aliphatic imine (C=N–C) groups is 1. The fourth-order valence-corrected chi connectivity index (χ4v) is 6.65. The number of halogens is 1. The van der Waals surface area contributed by atoms with E-state index in [4.69, 9.17) is 9.73 Å². The average molecular weight is 481 g/mol. The molecule has 25 heavy (non-hydrogen) atoms. The third-order valence-electron chi connectivity index (χ3n) is 5.98. The molecule has 0 spiro atoms. The molecule has 4 fully saturated rings. The van der Waals surface area contributed by atoms with E-state index in [0.29, 0.717) is 42.9 Å². The summed E-state index contributed by atoms with van der Waals surface area (Å²) < 4.78 is 29.3. The number of likely N-dealkylation sites (tertiary alicyclic amines) is 1. The number of nitrogens with one attached hydrogen (secondary N) is 1. The molecule has 6 nitrogen and oxygen atoms in total. The van der Waals surface area contributed by atoms with Crippen LogP contribution in [0.15, 0.2) is 17.6 Å². The first-order chi connectivity index (χ1) is 11.6. The maximum absolute atomic E-state index is 11.6. The van der Waals surface area contributed by atoms with Crippen LogP contribution in [-0.2, 0) is 14.6 Å². The van der Waals surface area contributed by atoms with Crippen LogP contribution >= 0.6 is 24.0 Å². The zero-order valence-corrected chi connectivity index (χ0v) is 17.6. The molecule has 4 rings (SSSR count). The van der Waals surface area contributed by atoms with Crippen LogP contribution in [0.4, 0.5) is 0 Å². The molecule has 4 heterocycles. The summed E-state index contributed by atoms with van der Waals surface area (Å²) in [5.74, 6) is 2.94.